The van der Waals surface area contributed by atoms with Crippen LogP contribution in [0.15, 0.2) is 24.3 Å². The van der Waals surface area contributed by atoms with Crippen molar-refractivity contribution >= 4 is 17.3 Å². The molecule has 1 saturated heterocycles. The van der Waals surface area contributed by atoms with Crippen molar-refractivity contribution < 1.29 is 14.8 Å². The molecule has 25 heavy (non-hydrogen) atoms. The third kappa shape index (κ3) is 4.28. The first kappa shape index (κ1) is 17.7. The maximum Gasteiger partial charge on any atom is 0.292 e. The Morgan fingerprint density at radius 3 is 2.40 bits per heavy atom. The fourth-order valence-corrected chi connectivity index (χ4v) is 3.81. The van der Waals surface area contributed by atoms with Gasteiger partial charge in [-0.1, -0.05) is 12.1 Å². The first-order valence-electron chi connectivity index (χ1n) is 9.01. The molecule has 0 bridgehead atoms. The number of para-hydroxylation sites is 2. The van der Waals surface area contributed by atoms with Crippen LogP contribution in [0.4, 0.5) is 11.4 Å². The molecular formula is C18H25N3O4. The second-order valence-electron chi connectivity index (χ2n) is 7.02. The lowest BCUT2D eigenvalue weighted by Crippen LogP contribution is -2.45. The molecule has 0 aromatic heterocycles. The molecule has 0 atom stereocenters. The number of hydrogen-bond acceptors (Lipinski definition) is 5. The van der Waals surface area contributed by atoms with Crippen molar-refractivity contribution in [2.45, 2.75) is 50.7 Å². The summed E-state index contributed by atoms with van der Waals surface area (Å²) in [5.74, 6) is 0.0504. The Bertz CT molecular complexity index is 621. The van der Waals surface area contributed by atoms with Crippen LogP contribution in [0.25, 0.3) is 0 Å². The minimum atomic E-state index is -0.356. The van der Waals surface area contributed by atoms with Crippen LogP contribution < -0.4 is 10.2 Å². The van der Waals surface area contributed by atoms with Crippen LogP contribution in [0.5, 0.6) is 0 Å². The van der Waals surface area contributed by atoms with Crippen molar-refractivity contribution in [3.05, 3.63) is 34.4 Å². The number of carbonyl (C=O) groups excluding carboxylic acids is 1. The molecule has 2 fully saturated rings. The van der Waals surface area contributed by atoms with Crippen molar-refractivity contribution in [1.29, 1.82) is 0 Å². The number of rotatable bonds is 4. The second-order valence-corrected chi connectivity index (χ2v) is 7.02. The van der Waals surface area contributed by atoms with Crippen molar-refractivity contribution in [3.63, 3.8) is 0 Å². The largest absolute Gasteiger partial charge is 0.393 e. The predicted molar refractivity (Wildman–Crippen MR) is 94.4 cm³/mol. The number of hydrogen-bond donors (Lipinski definition) is 2. The number of nitrogens with one attached hydrogen (secondary N) is 1. The fraction of sp³-hybridized carbons (Fsp3) is 0.611. The van der Waals surface area contributed by atoms with Gasteiger partial charge < -0.3 is 15.3 Å². The summed E-state index contributed by atoms with van der Waals surface area (Å²) in [6.07, 6.45) is 4.35. The lowest BCUT2D eigenvalue weighted by Gasteiger charge is -2.34. The Labute approximate surface area is 147 Å². The molecule has 3 rings (SSSR count). The molecule has 1 aliphatic carbocycles. The quantitative estimate of drug-likeness (QED) is 0.643. The lowest BCUT2D eigenvalue weighted by molar-refractivity contribution is -0.384. The van der Waals surface area contributed by atoms with Gasteiger partial charge in [0.1, 0.15) is 5.69 Å². The first-order valence-corrected chi connectivity index (χ1v) is 9.01. The van der Waals surface area contributed by atoms with Gasteiger partial charge in [-0.15, -0.1) is 0 Å². The highest BCUT2D eigenvalue weighted by Crippen LogP contribution is 2.31. The molecule has 2 N–H and O–H groups in total. The van der Waals surface area contributed by atoms with Crippen LogP contribution in [0, 0.1) is 16.0 Å². The molecule has 2 aliphatic rings. The summed E-state index contributed by atoms with van der Waals surface area (Å²) in [6.45, 7) is 1.29. The van der Waals surface area contributed by atoms with Gasteiger partial charge in [0, 0.05) is 31.1 Å². The Balaban J connectivity index is 1.53. The number of piperidine rings is 1. The standard InChI is InChI=1S/C18H25N3O4/c22-15-7-5-14(6-8-15)19-18(23)13-9-11-20(12-10-13)16-3-1-2-4-17(16)21(24)25/h1-4,13-15,22H,5-12H2,(H,19,23). The SMILES string of the molecule is O=C(NC1CCC(O)CC1)C1CCN(c2ccccc2[N+](=O)[O-])CC1. The van der Waals surface area contributed by atoms with Gasteiger partial charge in [0.05, 0.1) is 11.0 Å². The van der Waals surface area contributed by atoms with E-state index in [0.29, 0.717) is 31.6 Å². The van der Waals surface area contributed by atoms with E-state index in [4.69, 9.17) is 0 Å². The molecule has 1 saturated carbocycles. The zero-order valence-corrected chi connectivity index (χ0v) is 14.3. The van der Waals surface area contributed by atoms with E-state index in [1.165, 1.54) is 6.07 Å². The summed E-state index contributed by atoms with van der Waals surface area (Å²) >= 11 is 0. The molecule has 136 valence electrons. The first-order chi connectivity index (χ1) is 12.0. The van der Waals surface area contributed by atoms with Gasteiger partial charge in [0.25, 0.3) is 5.69 Å². The van der Waals surface area contributed by atoms with E-state index < -0.39 is 0 Å². The van der Waals surface area contributed by atoms with E-state index in [9.17, 15) is 20.0 Å². The fourth-order valence-electron chi connectivity index (χ4n) is 3.81. The van der Waals surface area contributed by atoms with Crippen LogP contribution >= 0.6 is 0 Å². The summed E-state index contributed by atoms with van der Waals surface area (Å²) in [5, 5.41) is 23.8. The number of aliphatic hydroxyl groups excluding tert-OH is 1. The van der Waals surface area contributed by atoms with E-state index in [1.54, 1.807) is 18.2 Å². The van der Waals surface area contributed by atoms with Gasteiger partial charge in [-0.25, -0.2) is 0 Å². The number of amides is 1. The Morgan fingerprint density at radius 2 is 1.76 bits per heavy atom. The molecule has 7 nitrogen and oxygen atoms in total. The number of nitro groups is 1. The van der Waals surface area contributed by atoms with Gasteiger partial charge in [0.15, 0.2) is 0 Å². The summed E-state index contributed by atoms with van der Waals surface area (Å²) in [4.78, 5) is 25.3. The molecule has 0 spiro atoms. The molecule has 0 radical (unpaired) electrons. The molecule has 1 aromatic carbocycles. The molecule has 1 aromatic rings. The number of anilines is 1. The van der Waals surface area contributed by atoms with Crippen LogP contribution in [0.3, 0.4) is 0 Å². The number of nitro benzene ring substituents is 1. The zero-order valence-electron chi connectivity index (χ0n) is 14.3. The summed E-state index contributed by atoms with van der Waals surface area (Å²) in [5.41, 5.74) is 0.749. The monoisotopic (exact) mass is 347 g/mol. The number of benzene rings is 1. The molecule has 7 heteroatoms. The van der Waals surface area contributed by atoms with Crippen LogP contribution in [-0.2, 0) is 4.79 Å². The minimum Gasteiger partial charge on any atom is -0.393 e. The van der Waals surface area contributed by atoms with Crippen molar-refractivity contribution in [2.24, 2.45) is 5.92 Å². The highest BCUT2D eigenvalue weighted by Gasteiger charge is 2.29. The van der Waals surface area contributed by atoms with Gasteiger partial charge in [-0.3, -0.25) is 14.9 Å². The van der Waals surface area contributed by atoms with E-state index >= 15 is 0 Å². The van der Waals surface area contributed by atoms with Gasteiger partial charge >= 0.3 is 0 Å². The van der Waals surface area contributed by atoms with E-state index in [1.807, 2.05) is 4.90 Å². The molecule has 0 unspecified atom stereocenters. The highest BCUT2D eigenvalue weighted by atomic mass is 16.6. The minimum absolute atomic E-state index is 0.0362. The van der Waals surface area contributed by atoms with Crippen LogP contribution in [0.1, 0.15) is 38.5 Å². The van der Waals surface area contributed by atoms with Crippen LogP contribution in [0.2, 0.25) is 0 Å². The van der Waals surface area contributed by atoms with E-state index in [0.717, 1.165) is 25.7 Å². The third-order valence-electron chi connectivity index (χ3n) is 5.33. The topological polar surface area (TPSA) is 95.7 Å². The lowest BCUT2D eigenvalue weighted by atomic mass is 9.91. The molecule has 1 aliphatic heterocycles. The summed E-state index contributed by atoms with van der Waals surface area (Å²) in [6, 6.07) is 6.93. The molecule has 1 heterocycles. The average Bonchev–Trinajstić information content (AvgIpc) is 2.63. The average molecular weight is 347 g/mol. The molecular weight excluding hydrogens is 322 g/mol. The smallest absolute Gasteiger partial charge is 0.292 e. The summed E-state index contributed by atoms with van der Waals surface area (Å²) in [7, 11) is 0. The van der Waals surface area contributed by atoms with Crippen molar-refractivity contribution in [2.75, 3.05) is 18.0 Å². The zero-order chi connectivity index (χ0) is 17.8. The van der Waals surface area contributed by atoms with E-state index in [-0.39, 0.29) is 34.6 Å². The van der Waals surface area contributed by atoms with Gasteiger partial charge in [-0.2, -0.15) is 0 Å². The Morgan fingerprint density at radius 1 is 1.12 bits per heavy atom. The van der Waals surface area contributed by atoms with Gasteiger partial charge in [0.2, 0.25) is 5.91 Å². The van der Waals surface area contributed by atoms with E-state index in [2.05, 4.69) is 5.32 Å². The highest BCUT2D eigenvalue weighted by molar-refractivity contribution is 5.79. The number of nitrogens with zero attached hydrogens (tertiary/aromatic N) is 2. The second kappa shape index (κ2) is 7.82. The normalized spacial score (nSPS) is 24.8. The van der Waals surface area contributed by atoms with Crippen molar-refractivity contribution in [1.82, 2.24) is 5.32 Å². The van der Waals surface area contributed by atoms with Crippen molar-refractivity contribution in [3.8, 4) is 0 Å². The Hall–Kier alpha value is -2.15. The number of aliphatic hydroxyl groups is 1. The summed E-state index contributed by atoms with van der Waals surface area (Å²) < 4.78 is 0. The van der Waals surface area contributed by atoms with Gasteiger partial charge in [-0.05, 0) is 44.6 Å². The predicted octanol–water partition coefficient (Wildman–Crippen LogP) is 2.23. The Kier molecular flexibility index (Phi) is 5.53. The number of carbonyl (C=O) groups is 1. The van der Waals surface area contributed by atoms with Crippen LogP contribution in [-0.4, -0.2) is 41.2 Å². The maximum absolute atomic E-state index is 12.5. The third-order valence-corrected chi connectivity index (χ3v) is 5.33. The maximum atomic E-state index is 12.5. The molecule has 1 amide bonds.